The Hall–Kier alpha value is -1.31. The molecule has 3 aromatic rings. The minimum absolute atomic E-state index is 0.711. The van der Waals surface area contributed by atoms with Crippen molar-refractivity contribution in [3.8, 4) is 0 Å². The molecule has 0 aliphatic carbocycles. The van der Waals surface area contributed by atoms with Crippen molar-refractivity contribution in [2.24, 2.45) is 0 Å². The highest BCUT2D eigenvalue weighted by Crippen LogP contribution is 2.38. The maximum atomic E-state index is 6.36. The Balaban J connectivity index is 2.67. The Bertz CT molecular complexity index is 575. The summed E-state index contributed by atoms with van der Waals surface area (Å²) in [6, 6.07) is 9.74. The lowest BCUT2D eigenvalue weighted by Gasteiger charge is -2.08. The summed E-state index contributed by atoms with van der Waals surface area (Å²) in [6.07, 6.45) is 3.47. The summed E-state index contributed by atoms with van der Waals surface area (Å²) < 4.78 is 0. The molecule has 0 fully saturated rings. The average Bonchev–Trinajstić information content (AvgIpc) is 2.36. The molecule has 3 rings (SSSR count). The van der Waals surface area contributed by atoms with Crippen LogP contribution in [0.2, 0.25) is 10.0 Å². The van der Waals surface area contributed by atoms with E-state index in [-0.39, 0.29) is 0 Å². The van der Waals surface area contributed by atoms with Gasteiger partial charge in [-0.25, -0.2) is 0 Å². The number of hydrogen-bond acceptors (Lipinski definition) is 1. The summed E-state index contributed by atoms with van der Waals surface area (Å²) in [5.74, 6) is 0. The Morgan fingerprint density at radius 3 is 2.00 bits per heavy atom. The van der Waals surface area contributed by atoms with Crippen LogP contribution in [0, 0.1) is 0 Å². The van der Waals surface area contributed by atoms with Gasteiger partial charge < -0.3 is 0 Å². The van der Waals surface area contributed by atoms with Gasteiger partial charge in [0.1, 0.15) is 0 Å². The van der Waals surface area contributed by atoms with Gasteiger partial charge in [0.2, 0.25) is 0 Å². The van der Waals surface area contributed by atoms with Crippen LogP contribution in [-0.4, -0.2) is 4.98 Å². The highest BCUT2D eigenvalue weighted by molar-refractivity contribution is 6.47. The summed E-state index contributed by atoms with van der Waals surface area (Å²) in [4.78, 5) is 4.08. The third-order valence-corrected chi connectivity index (χ3v) is 3.51. The number of benzene rings is 2. The molecule has 0 amide bonds. The summed E-state index contributed by atoms with van der Waals surface area (Å²) in [7, 11) is 0. The monoisotopic (exact) mass is 247 g/mol. The van der Waals surface area contributed by atoms with E-state index in [0.29, 0.717) is 5.02 Å². The highest BCUT2D eigenvalue weighted by atomic mass is 35.5. The standard InChI is InChI=1S/C13H7Cl2N/c14-12-8-3-1-2-4-9(8)13(15)11-7-16-6-5-10(11)12/h1-7H. The predicted octanol–water partition coefficient (Wildman–Crippen LogP) is 4.69. The van der Waals surface area contributed by atoms with Crippen molar-refractivity contribution in [3.05, 3.63) is 52.8 Å². The van der Waals surface area contributed by atoms with E-state index in [1.807, 2.05) is 30.3 Å². The predicted molar refractivity (Wildman–Crippen MR) is 69.3 cm³/mol. The molecule has 0 aliphatic rings. The molecule has 0 unspecified atom stereocenters. The fourth-order valence-corrected chi connectivity index (χ4v) is 2.56. The molecule has 78 valence electrons. The molecule has 0 saturated heterocycles. The summed E-state index contributed by atoms with van der Waals surface area (Å²) in [5, 5.41) is 5.23. The van der Waals surface area contributed by atoms with E-state index in [2.05, 4.69) is 4.98 Å². The van der Waals surface area contributed by atoms with Crippen LogP contribution in [0.15, 0.2) is 42.7 Å². The Labute approximate surface area is 103 Å². The van der Waals surface area contributed by atoms with Crippen molar-refractivity contribution in [1.82, 2.24) is 4.98 Å². The van der Waals surface area contributed by atoms with E-state index < -0.39 is 0 Å². The second kappa shape index (κ2) is 3.62. The van der Waals surface area contributed by atoms with E-state index >= 15 is 0 Å². The topological polar surface area (TPSA) is 12.9 Å². The van der Waals surface area contributed by atoms with Crippen LogP contribution in [0.5, 0.6) is 0 Å². The minimum Gasteiger partial charge on any atom is -0.264 e. The lowest BCUT2D eigenvalue weighted by Crippen LogP contribution is -1.82. The molecule has 0 radical (unpaired) electrons. The fourth-order valence-electron chi connectivity index (χ4n) is 1.92. The molecule has 1 heterocycles. The number of nitrogens with zero attached hydrogens (tertiary/aromatic N) is 1. The summed E-state index contributed by atoms with van der Waals surface area (Å²) in [5.41, 5.74) is 0. The molecule has 0 aliphatic heterocycles. The van der Waals surface area contributed by atoms with Gasteiger partial charge in [0, 0.05) is 33.9 Å². The SMILES string of the molecule is Clc1c2ccccc2c(Cl)c2cnccc12. The van der Waals surface area contributed by atoms with Crippen LogP contribution in [0.1, 0.15) is 0 Å². The van der Waals surface area contributed by atoms with Crippen molar-refractivity contribution in [2.75, 3.05) is 0 Å². The first-order valence-corrected chi connectivity index (χ1v) is 5.64. The molecule has 2 aromatic carbocycles. The van der Waals surface area contributed by atoms with E-state index in [1.165, 1.54) is 0 Å². The van der Waals surface area contributed by atoms with E-state index in [4.69, 9.17) is 23.2 Å². The van der Waals surface area contributed by atoms with Crippen molar-refractivity contribution < 1.29 is 0 Å². The first-order chi connectivity index (χ1) is 7.79. The van der Waals surface area contributed by atoms with Crippen molar-refractivity contribution in [1.29, 1.82) is 0 Å². The van der Waals surface area contributed by atoms with Crippen LogP contribution in [0.25, 0.3) is 21.5 Å². The summed E-state index contributed by atoms with van der Waals surface area (Å²) in [6.45, 7) is 0. The van der Waals surface area contributed by atoms with Crippen LogP contribution < -0.4 is 0 Å². The average molecular weight is 248 g/mol. The number of pyridine rings is 1. The van der Waals surface area contributed by atoms with Crippen LogP contribution in [-0.2, 0) is 0 Å². The van der Waals surface area contributed by atoms with Gasteiger partial charge in [0.05, 0.1) is 10.0 Å². The lowest BCUT2D eigenvalue weighted by molar-refractivity contribution is 1.37. The first kappa shape index (κ1) is 9.88. The van der Waals surface area contributed by atoms with Crippen LogP contribution >= 0.6 is 23.2 Å². The smallest absolute Gasteiger partial charge is 0.0579 e. The fraction of sp³-hybridized carbons (Fsp3) is 0. The molecule has 0 bridgehead atoms. The summed E-state index contributed by atoms with van der Waals surface area (Å²) >= 11 is 12.7. The molecule has 0 spiro atoms. The molecule has 3 heteroatoms. The zero-order chi connectivity index (χ0) is 11.1. The third-order valence-electron chi connectivity index (χ3n) is 2.69. The number of halogens is 2. The third kappa shape index (κ3) is 1.29. The van der Waals surface area contributed by atoms with Gasteiger partial charge in [-0.1, -0.05) is 47.5 Å². The van der Waals surface area contributed by atoms with Crippen molar-refractivity contribution in [2.45, 2.75) is 0 Å². The Morgan fingerprint density at radius 2 is 1.31 bits per heavy atom. The Kier molecular flexibility index (Phi) is 2.23. The van der Waals surface area contributed by atoms with E-state index in [9.17, 15) is 0 Å². The van der Waals surface area contributed by atoms with Gasteiger partial charge in [0.15, 0.2) is 0 Å². The molecular weight excluding hydrogens is 241 g/mol. The molecule has 0 N–H and O–H groups in total. The zero-order valence-corrected chi connectivity index (χ0v) is 9.76. The lowest BCUT2D eigenvalue weighted by atomic mass is 10.1. The molecule has 16 heavy (non-hydrogen) atoms. The first-order valence-electron chi connectivity index (χ1n) is 4.88. The largest absolute Gasteiger partial charge is 0.264 e. The number of hydrogen-bond donors (Lipinski definition) is 0. The maximum Gasteiger partial charge on any atom is 0.0579 e. The molecule has 0 atom stereocenters. The van der Waals surface area contributed by atoms with Gasteiger partial charge >= 0.3 is 0 Å². The highest BCUT2D eigenvalue weighted by Gasteiger charge is 2.10. The molecule has 1 nitrogen and oxygen atoms in total. The minimum atomic E-state index is 0.711. The number of aromatic nitrogens is 1. The van der Waals surface area contributed by atoms with Gasteiger partial charge in [-0.05, 0) is 6.07 Å². The van der Waals surface area contributed by atoms with E-state index in [0.717, 1.165) is 26.6 Å². The van der Waals surface area contributed by atoms with Crippen LogP contribution in [0.4, 0.5) is 0 Å². The van der Waals surface area contributed by atoms with Gasteiger partial charge in [-0.3, -0.25) is 4.98 Å². The molecular formula is C13H7Cl2N. The van der Waals surface area contributed by atoms with Crippen LogP contribution in [0.3, 0.4) is 0 Å². The maximum absolute atomic E-state index is 6.36. The number of fused-ring (bicyclic) bond motifs is 2. The van der Waals surface area contributed by atoms with E-state index in [1.54, 1.807) is 12.4 Å². The molecule has 1 aromatic heterocycles. The van der Waals surface area contributed by atoms with Crippen molar-refractivity contribution >= 4 is 44.7 Å². The Morgan fingerprint density at radius 1 is 0.750 bits per heavy atom. The van der Waals surface area contributed by atoms with Crippen molar-refractivity contribution in [3.63, 3.8) is 0 Å². The second-order valence-corrected chi connectivity index (χ2v) is 4.35. The van der Waals surface area contributed by atoms with Gasteiger partial charge in [0.25, 0.3) is 0 Å². The van der Waals surface area contributed by atoms with Gasteiger partial charge in [-0.15, -0.1) is 0 Å². The quantitative estimate of drug-likeness (QED) is 0.525. The normalized spacial score (nSPS) is 11.1. The number of rotatable bonds is 0. The van der Waals surface area contributed by atoms with Gasteiger partial charge in [-0.2, -0.15) is 0 Å². The second-order valence-electron chi connectivity index (χ2n) is 3.59. The molecule has 0 saturated carbocycles. The zero-order valence-electron chi connectivity index (χ0n) is 8.24.